The number of hydrogen-bond donors (Lipinski definition) is 2. The van der Waals surface area contributed by atoms with E-state index in [-0.39, 0.29) is 23.5 Å². The molecule has 6 rings (SSSR count). The number of aliphatic hydroxyl groups excluding tert-OH is 1. The van der Waals surface area contributed by atoms with Gasteiger partial charge in [-0.2, -0.15) is 0 Å². The van der Waals surface area contributed by atoms with Gasteiger partial charge in [-0.05, 0) is 83.6 Å². The van der Waals surface area contributed by atoms with Gasteiger partial charge < -0.3 is 24.6 Å². The highest BCUT2D eigenvalue weighted by atomic mass is 16.7. The number of nitrogens with one attached hydrogen (secondary N) is 1. The van der Waals surface area contributed by atoms with E-state index in [1.54, 1.807) is 0 Å². The molecule has 4 heterocycles. The maximum atomic E-state index is 14.2. The highest BCUT2D eigenvalue weighted by Crippen LogP contribution is 2.50. The first kappa shape index (κ1) is 24.9. The van der Waals surface area contributed by atoms with Crippen molar-refractivity contribution in [2.75, 3.05) is 31.1 Å². The van der Waals surface area contributed by atoms with Crippen molar-refractivity contribution in [3.63, 3.8) is 0 Å². The van der Waals surface area contributed by atoms with Gasteiger partial charge in [-0.25, -0.2) is 0 Å². The fourth-order valence-electron chi connectivity index (χ4n) is 6.94. The lowest BCUT2D eigenvalue weighted by Gasteiger charge is -2.46. The summed E-state index contributed by atoms with van der Waals surface area (Å²) in [7, 11) is -0.440. The summed E-state index contributed by atoms with van der Waals surface area (Å²) in [5, 5.41) is 13.9. The van der Waals surface area contributed by atoms with Crippen LogP contribution in [-0.2, 0) is 19.5 Å². The molecule has 8 heteroatoms. The van der Waals surface area contributed by atoms with Crippen molar-refractivity contribution < 1.29 is 19.2 Å². The van der Waals surface area contributed by atoms with Crippen LogP contribution >= 0.6 is 0 Å². The minimum absolute atomic E-state index is 0.0714. The maximum absolute atomic E-state index is 14.2. The molecule has 36 heavy (non-hydrogen) atoms. The zero-order valence-corrected chi connectivity index (χ0v) is 22.8. The first-order valence-electron chi connectivity index (χ1n) is 13.8. The van der Waals surface area contributed by atoms with E-state index < -0.39 is 23.7 Å². The fourth-order valence-corrected chi connectivity index (χ4v) is 6.94. The molecule has 1 atom stereocenters. The third-order valence-electron chi connectivity index (χ3n) is 10.3. The second-order valence-electron chi connectivity index (χ2n) is 13.6. The average Bonchev–Trinajstić information content (AvgIpc) is 3.27. The normalized spacial score (nSPS) is 34.3. The summed E-state index contributed by atoms with van der Waals surface area (Å²) in [5.41, 5.74) is 1.91. The summed E-state index contributed by atoms with van der Waals surface area (Å²) in [6.07, 6.45) is 3.32. The molecule has 7 nitrogen and oxygen atoms in total. The first-order valence-corrected chi connectivity index (χ1v) is 13.8. The van der Waals surface area contributed by atoms with Crippen molar-refractivity contribution in [3.05, 3.63) is 23.8 Å². The molecule has 0 aromatic heterocycles. The van der Waals surface area contributed by atoms with Crippen molar-refractivity contribution >= 4 is 24.2 Å². The van der Waals surface area contributed by atoms with E-state index >= 15 is 0 Å². The standard InChI is InChI=1S/C28H42BN3O4/c1-25(2)17-31(16-23(25)33)19-14-20(15-19)32-22-13-18(29-35-26(3,4)27(5,6)36-29)7-8-21(22)28(24(32)34)9-11-30-12-10-28/h7-8,13,19-20,23,30,33H,9-12,14-17H2,1-6H3. The van der Waals surface area contributed by atoms with E-state index in [2.05, 4.69) is 74.9 Å². The number of fused-ring (bicyclic) bond motifs is 2. The van der Waals surface area contributed by atoms with Gasteiger partial charge in [-0.1, -0.05) is 26.0 Å². The number of carbonyl (C=O) groups is 1. The van der Waals surface area contributed by atoms with Crippen LogP contribution in [0.3, 0.4) is 0 Å². The molecule has 196 valence electrons. The summed E-state index contributed by atoms with van der Waals surface area (Å²) in [6.45, 7) is 16.0. The Kier molecular flexibility index (Phi) is 5.55. The van der Waals surface area contributed by atoms with Crippen LogP contribution in [0.1, 0.15) is 72.8 Å². The van der Waals surface area contributed by atoms with E-state index in [1.807, 2.05) is 0 Å². The minimum Gasteiger partial charge on any atom is -0.399 e. The topological polar surface area (TPSA) is 74.3 Å². The van der Waals surface area contributed by atoms with Crippen molar-refractivity contribution in [1.82, 2.24) is 10.2 Å². The number of likely N-dealkylation sites (tertiary alicyclic amines) is 1. The number of hydrogen-bond acceptors (Lipinski definition) is 6. The molecule has 2 N–H and O–H groups in total. The van der Waals surface area contributed by atoms with Crippen LogP contribution in [-0.4, -0.2) is 78.6 Å². The van der Waals surface area contributed by atoms with Gasteiger partial charge in [-0.3, -0.25) is 9.69 Å². The number of benzene rings is 1. The second-order valence-corrected chi connectivity index (χ2v) is 13.6. The van der Waals surface area contributed by atoms with Gasteiger partial charge in [0.05, 0.1) is 22.7 Å². The Bertz CT molecular complexity index is 1040. The first-order chi connectivity index (χ1) is 16.8. The van der Waals surface area contributed by atoms with Crippen LogP contribution in [0.4, 0.5) is 5.69 Å². The molecule has 3 saturated heterocycles. The van der Waals surface area contributed by atoms with Crippen LogP contribution in [0.5, 0.6) is 0 Å². The average molecular weight is 495 g/mol. The van der Waals surface area contributed by atoms with Gasteiger partial charge in [0.15, 0.2) is 0 Å². The molecule has 1 aromatic carbocycles. The van der Waals surface area contributed by atoms with Gasteiger partial charge in [0.1, 0.15) is 0 Å². The summed E-state index contributed by atoms with van der Waals surface area (Å²) in [6, 6.07) is 7.08. The number of carbonyl (C=O) groups excluding carboxylic acids is 1. The lowest BCUT2D eigenvalue weighted by atomic mass is 9.72. The highest BCUT2D eigenvalue weighted by molar-refractivity contribution is 6.62. The Morgan fingerprint density at radius 3 is 2.22 bits per heavy atom. The third-order valence-corrected chi connectivity index (χ3v) is 10.3. The molecule has 1 amide bonds. The van der Waals surface area contributed by atoms with E-state index in [9.17, 15) is 9.90 Å². The lowest BCUT2D eigenvalue weighted by molar-refractivity contribution is -0.125. The summed E-state index contributed by atoms with van der Waals surface area (Å²) in [5.74, 6) is 0.273. The number of nitrogens with zero attached hydrogens (tertiary/aromatic N) is 2. The Labute approximate surface area is 216 Å². The number of piperidine rings is 1. The molecule has 1 saturated carbocycles. The smallest absolute Gasteiger partial charge is 0.399 e. The molecule has 5 aliphatic rings. The van der Waals surface area contributed by atoms with Gasteiger partial charge in [0, 0.05) is 36.3 Å². The molecule has 4 fully saturated rings. The predicted molar refractivity (Wildman–Crippen MR) is 142 cm³/mol. The number of β-amino-alcohol motifs (C(OH)–C–C–N with tert-alkyl or cyclic N) is 1. The number of rotatable bonds is 3. The molecule has 1 unspecified atom stereocenters. The zero-order valence-electron chi connectivity index (χ0n) is 22.8. The Morgan fingerprint density at radius 1 is 1.00 bits per heavy atom. The Hall–Kier alpha value is -1.45. The maximum Gasteiger partial charge on any atom is 0.494 e. The van der Waals surface area contributed by atoms with Gasteiger partial charge in [0.25, 0.3) is 0 Å². The minimum atomic E-state index is -0.440. The monoisotopic (exact) mass is 495 g/mol. The molecule has 1 aromatic rings. The fraction of sp³-hybridized carbons (Fsp3) is 0.750. The summed E-state index contributed by atoms with van der Waals surface area (Å²) < 4.78 is 12.7. The van der Waals surface area contributed by atoms with Crippen molar-refractivity contribution in [2.45, 2.75) is 102 Å². The van der Waals surface area contributed by atoms with Crippen LogP contribution < -0.4 is 15.7 Å². The molecule has 0 bridgehead atoms. The zero-order chi connectivity index (χ0) is 25.7. The SMILES string of the molecule is CC1(C)CN(C2CC(N3C(=O)C4(CCNCC4)c4ccc(B5OC(C)(C)C(C)(C)O5)cc43)C2)CC1O. The molecule has 4 aliphatic heterocycles. The number of amides is 1. The van der Waals surface area contributed by atoms with Crippen LogP contribution in [0, 0.1) is 5.41 Å². The third kappa shape index (κ3) is 3.55. The molecular formula is C28H42BN3O4. The van der Waals surface area contributed by atoms with Gasteiger partial charge in [-0.15, -0.1) is 0 Å². The molecule has 0 radical (unpaired) electrons. The Balaban J connectivity index is 1.29. The van der Waals surface area contributed by atoms with Crippen molar-refractivity contribution in [1.29, 1.82) is 0 Å². The largest absolute Gasteiger partial charge is 0.494 e. The number of anilines is 1. The van der Waals surface area contributed by atoms with Crippen molar-refractivity contribution in [2.24, 2.45) is 5.41 Å². The van der Waals surface area contributed by atoms with Crippen LogP contribution in [0.2, 0.25) is 0 Å². The summed E-state index contributed by atoms with van der Waals surface area (Å²) in [4.78, 5) is 18.7. The molecule has 1 spiro atoms. The second kappa shape index (κ2) is 8.03. The molecular weight excluding hydrogens is 453 g/mol. The van der Waals surface area contributed by atoms with Gasteiger partial charge >= 0.3 is 7.12 Å². The predicted octanol–water partition coefficient (Wildman–Crippen LogP) is 2.19. The van der Waals surface area contributed by atoms with Crippen LogP contribution in [0.15, 0.2) is 18.2 Å². The van der Waals surface area contributed by atoms with Crippen molar-refractivity contribution in [3.8, 4) is 0 Å². The molecule has 1 aliphatic carbocycles. The van der Waals surface area contributed by atoms with E-state index in [4.69, 9.17) is 9.31 Å². The lowest BCUT2D eigenvalue weighted by Crippen LogP contribution is -2.57. The van der Waals surface area contributed by atoms with E-state index in [1.165, 1.54) is 5.56 Å². The van der Waals surface area contributed by atoms with E-state index in [0.717, 1.165) is 63.0 Å². The summed E-state index contributed by atoms with van der Waals surface area (Å²) >= 11 is 0. The highest BCUT2D eigenvalue weighted by Gasteiger charge is 2.57. The van der Waals surface area contributed by atoms with Crippen LogP contribution in [0.25, 0.3) is 0 Å². The number of aliphatic hydroxyl groups is 1. The quantitative estimate of drug-likeness (QED) is 0.627. The van der Waals surface area contributed by atoms with Gasteiger partial charge in [0.2, 0.25) is 5.91 Å². The Morgan fingerprint density at radius 2 is 1.64 bits per heavy atom. The van der Waals surface area contributed by atoms with E-state index in [0.29, 0.717) is 6.04 Å².